The number of para-hydroxylation sites is 1. The number of methoxy groups -OCH3 is 1. The molecule has 2 N–H and O–H groups in total. The first-order valence-electron chi connectivity index (χ1n) is 8.33. The maximum absolute atomic E-state index is 13.0. The molecule has 144 valence electrons. The number of nitrogens with one attached hydrogen (secondary N) is 2. The van der Waals surface area contributed by atoms with E-state index in [1.54, 1.807) is 37.3 Å². The van der Waals surface area contributed by atoms with Crippen molar-refractivity contribution in [3.8, 4) is 11.5 Å². The van der Waals surface area contributed by atoms with Crippen molar-refractivity contribution >= 4 is 12.0 Å². The smallest absolute Gasteiger partial charge is 0.363 e. The van der Waals surface area contributed by atoms with E-state index in [0.29, 0.717) is 22.8 Å². The number of nitrogens with zero attached hydrogens (tertiary/aromatic N) is 3. The van der Waals surface area contributed by atoms with Crippen LogP contribution in [0.4, 0.5) is 10.2 Å². The maximum atomic E-state index is 13.0. The van der Waals surface area contributed by atoms with Gasteiger partial charge in [-0.2, -0.15) is 15.2 Å². The molecule has 3 aromatic rings. The van der Waals surface area contributed by atoms with Gasteiger partial charge in [0.1, 0.15) is 18.1 Å². The Morgan fingerprint density at radius 2 is 2.04 bits per heavy atom. The number of ether oxygens (including phenoxy) is 2. The molecule has 0 atom stereocenters. The Labute approximate surface area is 160 Å². The highest BCUT2D eigenvalue weighted by atomic mass is 19.1. The van der Waals surface area contributed by atoms with Crippen molar-refractivity contribution in [1.82, 2.24) is 15.2 Å². The third kappa shape index (κ3) is 4.70. The Balaban J connectivity index is 1.79. The van der Waals surface area contributed by atoms with Gasteiger partial charge in [0.25, 0.3) is 0 Å². The zero-order valence-electron chi connectivity index (χ0n) is 15.3. The summed E-state index contributed by atoms with van der Waals surface area (Å²) in [6.45, 7) is 1.91. The van der Waals surface area contributed by atoms with Crippen LogP contribution in [0.15, 0.2) is 52.4 Å². The van der Waals surface area contributed by atoms with E-state index < -0.39 is 5.69 Å². The number of halogens is 1. The van der Waals surface area contributed by atoms with Crippen LogP contribution in [0.2, 0.25) is 0 Å². The summed E-state index contributed by atoms with van der Waals surface area (Å²) in [7, 11) is 1.54. The monoisotopic (exact) mass is 383 g/mol. The largest absolute Gasteiger partial charge is 0.493 e. The van der Waals surface area contributed by atoms with Crippen molar-refractivity contribution in [2.24, 2.45) is 5.10 Å². The summed E-state index contributed by atoms with van der Waals surface area (Å²) >= 11 is 0. The predicted octanol–water partition coefficient (Wildman–Crippen LogP) is 2.65. The van der Waals surface area contributed by atoms with Crippen molar-refractivity contribution in [1.29, 1.82) is 0 Å². The SMILES string of the molecule is COc1cccc(C=NNc2nc(=O)[nH]nc2C)c1OCc1ccc(F)cc1. The van der Waals surface area contributed by atoms with E-state index in [-0.39, 0.29) is 18.2 Å². The number of aryl methyl sites for hydroxylation is 1. The summed E-state index contributed by atoms with van der Waals surface area (Å²) in [4.78, 5) is 15.0. The van der Waals surface area contributed by atoms with E-state index in [1.165, 1.54) is 25.5 Å². The molecule has 28 heavy (non-hydrogen) atoms. The van der Waals surface area contributed by atoms with E-state index in [9.17, 15) is 9.18 Å². The summed E-state index contributed by atoms with van der Waals surface area (Å²) in [5, 5.41) is 10.2. The predicted molar refractivity (Wildman–Crippen MR) is 102 cm³/mol. The molecule has 1 aromatic heterocycles. The quantitative estimate of drug-likeness (QED) is 0.480. The molecule has 0 aliphatic rings. The molecule has 0 unspecified atom stereocenters. The molecular weight excluding hydrogens is 365 g/mol. The fourth-order valence-corrected chi connectivity index (χ4v) is 2.35. The van der Waals surface area contributed by atoms with E-state index in [1.807, 2.05) is 0 Å². The van der Waals surface area contributed by atoms with Crippen LogP contribution < -0.4 is 20.6 Å². The van der Waals surface area contributed by atoms with Gasteiger partial charge in [0.05, 0.1) is 13.3 Å². The summed E-state index contributed by atoms with van der Waals surface area (Å²) in [5.41, 5.74) is 4.06. The van der Waals surface area contributed by atoms with Crippen LogP contribution in [0.3, 0.4) is 0 Å². The standard InChI is InChI=1S/C19H18FN5O3/c1-12-18(22-19(26)25-23-12)24-21-10-14-4-3-5-16(27-2)17(14)28-11-13-6-8-15(20)9-7-13/h3-10H,11H2,1-2H3,(H2,22,24,25,26). The first kappa shape index (κ1) is 19.0. The Morgan fingerprint density at radius 3 is 2.79 bits per heavy atom. The van der Waals surface area contributed by atoms with Gasteiger partial charge in [-0.1, -0.05) is 18.2 Å². The fourth-order valence-electron chi connectivity index (χ4n) is 2.35. The van der Waals surface area contributed by atoms with Crippen molar-refractivity contribution in [3.05, 3.63) is 75.6 Å². The topological polar surface area (TPSA) is 101 Å². The van der Waals surface area contributed by atoms with E-state index >= 15 is 0 Å². The minimum Gasteiger partial charge on any atom is -0.493 e. The molecule has 0 aliphatic carbocycles. The molecule has 0 amide bonds. The van der Waals surface area contributed by atoms with E-state index in [2.05, 4.69) is 25.7 Å². The molecule has 0 radical (unpaired) electrons. The highest BCUT2D eigenvalue weighted by Gasteiger charge is 2.10. The molecule has 0 saturated carbocycles. The second-order valence-electron chi connectivity index (χ2n) is 5.74. The van der Waals surface area contributed by atoms with Gasteiger partial charge < -0.3 is 9.47 Å². The second-order valence-corrected chi connectivity index (χ2v) is 5.74. The normalized spacial score (nSPS) is 10.8. The number of aromatic nitrogens is 3. The van der Waals surface area contributed by atoms with E-state index in [4.69, 9.17) is 9.47 Å². The van der Waals surface area contributed by atoms with Gasteiger partial charge in [-0.15, -0.1) is 0 Å². The van der Waals surface area contributed by atoms with Crippen LogP contribution in [0.1, 0.15) is 16.8 Å². The molecule has 9 heteroatoms. The van der Waals surface area contributed by atoms with Gasteiger partial charge in [0.2, 0.25) is 0 Å². The van der Waals surface area contributed by atoms with Crippen molar-refractivity contribution in [3.63, 3.8) is 0 Å². The number of rotatable bonds is 7. The molecule has 0 saturated heterocycles. The third-order valence-electron chi connectivity index (χ3n) is 3.78. The fraction of sp³-hybridized carbons (Fsp3) is 0.158. The van der Waals surface area contributed by atoms with Crippen molar-refractivity contribution < 1.29 is 13.9 Å². The number of anilines is 1. The third-order valence-corrected chi connectivity index (χ3v) is 3.78. The summed E-state index contributed by atoms with van der Waals surface area (Å²) in [6.07, 6.45) is 1.52. The molecule has 0 fully saturated rings. The lowest BCUT2D eigenvalue weighted by Gasteiger charge is -2.13. The molecule has 0 spiro atoms. The van der Waals surface area contributed by atoms with Crippen LogP contribution in [0, 0.1) is 12.7 Å². The average molecular weight is 383 g/mol. The number of hydrogen-bond donors (Lipinski definition) is 2. The van der Waals surface area contributed by atoms with Crippen molar-refractivity contribution in [2.45, 2.75) is 13.5 Å². The number of hydrogen-bond acceptors (Lipinski definition) is 7. The van der Waals surface area contributed by atoms with E-state index in [0.717, 1.165) is 5.56 Å². The molecule has 0 aliphatic heterocycles. The minimum atomic E-state index is -0.576. The van der Waals surface area contributed by atoms with Gasteiger partial charge in [-0.3, -0.25) is 5.43 Å². The Hall–Kier alpha value is -3.75. The zero-order chi connectivity index (χ0) is 19.9. The van der Waals surface area contributed by atoms with Gasteiger partial charge in [0, 0.05) is 5.56 Å². The molecular formula is C19H18FN5O3. The van der Waals surface area contributed by atoms with Crippen molar-refractivity contribution in [2.75, 3.05) is 12.5 Å². The zero-order valence-corrected chi connectivity index (χ0v) is 15.3. The summed E-state index contributed by atoms with van der Waals surface area (Å²) < 4.78 is 24.3. The highest BCUT2D eigenvalue weighted by molar-refractivity contribution is 5.85. The van der Waals surface area contributed by atoms with Crippen LogP contribution in [-0.4, -0.2) is 28.5 Å². The number of benzene rings is 2. The number of hydrazone groups is 1. The average Bonchev–Trinajstić information content (AvgIpc) is 2.70. The lowest BCUT2D eigenvalue weighted by molar-refractivity contribution is 0.284. The van der Waals surface area contributed by atoms with Crippen LogP contribution >= 0.6 is 0 Å². The lowest BCUT2D eigenvalue weighted by Crippen LogP contribution is -2.15. The van der Waals surface area contributed by atoms with Crippen LogP contribution in [0.5, 0.6) is 11.5 Å². The number of H-pyrrole nitrogens is 1. The first-order chi connectivity index (χ1) is 13.6. The lowest BCUT2D eigenvalue weighted by atomic mass is 10.2. The van der Waals surface area contributed by atoms with Gasteiger partial charge in [0.15, 0.2) is 17.3 Å². The Morgan fingerprint density at radius 1 is 1.25 bits per heavy atom. The van der Waals surface area contributed by atoms with Crippen LogP contribution in [-0.2, 0) is 6.61 Å². The summed E-state index contributed by atoms with van der Waals surface area (Å²) in [6, 6.07) is 11.4. The molecule has 3 rings (SSSR count). The van der Waals surface area contributed by atoms with Gasteiger partial charge >= 0.3 is 5.69 Å². The Bertz CT molecular complexity index is 1030. The molecule has 0 bridgehead atoms. The summed E-state index contributed by atoms with van der Waals surface area (Å²) in [5.74, 6) is 0.946. The molecule has 1 heterocycles. The molecule has 8 nitrogen and oxygen atoms in total. The second kappa shape index (κ2) is 8.76. The number of aromatic amines is 1. The first-order valence-corrected chi connectivity index (χ1v) is 8.33. The highest BCUT2D eigenvalue weighted by Crippen LogP contribution is 2.31. The van der Waals surface area contributed by atoms with Gasteiger partial charge in [-0.05, 0) is 36.8 Å². The van der Waals surface area contributed by atoms with Crippen LogP contribution in [0.25, 0.3) is 0 Å². The maximum Gasteiger partial charge on any atom is 0.363 e. The molecule has 2 aromatic carbocycles. The minimum absolute atomic E-state index is 0.230. The van der Waals surface area contributed by atoms with Gasteiger partial charge in [-0.25, -0.2) is 14.3 Å². The Kier molecular flexibility index (Phi) is 5.95.